The van der Waals surface area contributed by atoms with Gasteiger partial charge in [0.15, 0.2) is 5.78 Å². The standard InChI is InChI=1S/C15H15NO2/c1-9-6-7-13-12(8-9)11-4-3-5-14(18)15(11)16(13)10(2)17/h6-8H,3-5H2,1-2H3. The summed E-state index contributed by atoms with van der Waals surface area (Å²) in [5, 5.41) is 1.06. The predicted octanol–water partition coefficient (Wildman–Crippen LogP) is 3.13. The zero-order valence-corrected chi connectivity index (χ0v) is 10.6. The van der Waals surface area contributed by atoms with Gasteiger partial charge >= 0.3 is 0 Å². The van der Waals surface area contributed by atoms with Crippen molar-refractivity contribution in [2.24, 2.45) is 0 Å². The molecule has 2 aromatic rings. The maximum absolute atomic E-state index is 12.1. The van der Waals surface area contributed by atoms with Crippen LogP contribution in [0.15, 0.2) is 18.2 Å². The van der Waals surface area contributed by atoms with Crippen molar-refractivity contribution in [2.45, 2.75) is 33.1 Å². The Balaban J connectivity index is 2.47. The van der Waals surface area contributed by atoms with Crippen molar-refractivity contribution in [3.05, 3.63) is 35.0 Å². The molecule has 3 heteroatoms. The Morgan fingerprint density at radius 1 is 1.28 bits per heavy atom. The predicted molar refractivity (Wildman–Crippen MR) is 70.2 cm³/mol. The molecular formula is C15H15NO2. The number of nitrogens with zero attached hydrogens (tertiary/aromatic N) is 1. The Morgan fingerprint density at radius 2 is 2.06 bits per heavy atom. The average molecular weight is 241 g/mol. The van der Waals surface area contributed by atoms with Crippen molar-refractivity contribution >= 4 is 22.6 Å². The van der Waals surface area contributed by atoms with Crippen LogP contribution >= 0.6 is 0 Å². The van der Waals surface area contributed by atoms with E-state index in [1.54, 1.807) is 4.57 Å². The zero-order valence-electron chi connectivity index (χ0n) is 10.6. The smallest absolute Gasteiger partial charge is 0.228 e. The Kier molecular flexibility index (Phi) is 2.37. The number of benzene rings is 1. The third kappa shape index (κ3) is 1.43. The van der Waals surface area contributed by atoms with Gasteiger partial charge in [-0.2, -0.15) is 0 Å². The van der Waals surface area contributed by atoms with Crippen molar-refractivity contribution in [1.29, 1.82) is 0 Å². The lowest BCUT2D eigenvalue weighted by atomic mass is 9.94. The first-order valence-electron chi connectivity index (χ1n) is 6.27. The van der Waals surface area contributed by atoms with Crippen LogP contribution < -0.4 is 0 Å². The molecular weight excluding hydrogens is 226 g/mol. The van der Waals surface area contributed by atoms with Gasteiger partial charge in [-0.1, -0.05) is 11.6 Å². The highest BCUT2D eigenvalue weighted by molar-refractivity contribution is 6.08. The van der Waals surface area contributed by atoms with E-state index in [1.807, 2.05) is 19.1 Å². The van der Waals surface area contributed by atoms with Gasteiger partial charge in [-0.15, -0.1) is 0 Å². The Hall–Kier alpha value is -1.90. The second-order valence-electron chi connectivity index (χ2n) is 4.98. The molecule has 0 aliphatic heterocycles. The molecule has 18 heavy (non-hydrogen) atoms. The Morgan fingerprint density at radius 3 is 2.78 bits per heavy atom. The molecule has 1 aliphatic rings. The van der Waals surface area contributed by atoms with E-state index in [4.69, 9.17) is 0 Å². The second-order valence-corrected chi connectivity index (χ2v) is 4.98. The van der Waals surface area contributed by atoms with E-state index in [0.717, 1.165) is 34.9 Å². The minimum atomic E-state index is -0.0830. The SMILES string of the molecule is CC(=O)n1c2c(c3cc(C)ccc31)CCCC2=O. The van der Waals surface area contributed by atoms with Gasteiger partial charge in [0.25, 0.3) is 0 Å². The molecule has 0 spiro atoms. The second kappa shape index (κ2) is 3.80. The first-order chi connectivity index (χ1) is 8.59. The van der Waals surface area contributed by atoms with E-state index in [2.05, 4.69) is 6.07 Å². The van der Waals surface area contributed by atoms with Gasteiger partial charge in [-0.25, -0.2) is 0 Å². The molecule has 3 rings (SSSR count). The highest BCUT2D eigenvalue weighted by Crippen LogP contribution is 2.32. The maximum Gasteiger partial charge on any atom is 0.228 e. The van der Waals surface area contributed by atoms with Crippen LogP contribution in [0.4, 0.5) is 0 Å². The molecule has 92 valence electrons. The molecule has 0 amide bonds. The van der Waals surface area contributed by atoms with Crippen molar-refractivity contribution in [1.82, 2.24) is 4.57 Å². The Labute approximate surface area is 105 Å². The minimum Gasteiger partial charge on any atom is -0.293 e. The van der Waals surface area contributed by atoms with Gasteiger partial charge in [0.05, 0.1) is 11.2 Å². The van der Waals surface area contributed by atoms with E-state index in [0.29, 0.717) is 12.1 Å². The number of carbonyl (C=O) groups is 2. The third-order valence-electron chi connectivity index (χ3n) is 3.64. The molecule has 1 aromatic heterocycles. The first kappa shape index (κ1) is 11.2. The van der Waals surface area contributed by atoms with E-state index in [1.165, 1.54) is 6.92 Å². The highest BCUT2D eigenvalue weighted by atomic mass is 16.2. The quantitative estimate of drug-likeness (QED) is 0.710. The van der Waals surface area contributed by atoms with Crippen molar-refractivity contribution in [3.63, 3.8) is 0 Å². The molecule has 0 saturated carbocycles. The molecule has 0 radical (unpaired) electrons. The van der Waals surface area contributed by atoms with Crippen LogP contribution in [0.25, 0.3) is 10.9 Å². The summed E-state index contributed by atoms with van der Waals surface area (Å²) in [7, 11) is 0. The number of carbonyl (C=O) groups excluding carboxylic acids is 2. The molecule has 0 unspecified atom stereocenters. The number of ketones is 1. The van der Waals surface area contributed by atoms with Gasteiger partial charge in [-0.3, -0.25) is 14.2 Å². The lowest BCUT2D eigenvalue weighted by Crippen LogP contribution is -2.18. The van der Waals surface area contributed by atoms with Gasteiger partial charge in [0, 0.05) is 18.7 Å². The first-order valence-corrected chi connectivity index (χ1v) is 6.27. The summed E-state index contributed by atoms with van der Waals surface area (Å²) >= 11 is 0. The van der Waals surface area contributed by atoms with E-state index in [9.17, 15) is 9.59 Å². The van der Waals surface area contributed by atoms with Gasteiger partial charge < -0.3 is 0 Å². The van der Waals surface area contributed by atoms with Crippen molar-refractivity contribution in [3.8, 4) is 0 Å². The molecule has 0 fully saturated rings. The minimum absolute atomic E-state index is 0.0830. The van der Waals surface area contributed by atoms with Crippen LogP contribution in [-0.4, -0.2) is 16.3 Å². The summed E-state index contributed by atoms with van der Waals surface area (Å²) in [5.74, 6) is 0.0145. The normalized spacial score (nSPS) is 14.9. The number of fused-ring (bicyclic) bond motifs is 3. The van der Waals surface area contributed by atoms with E-state index in [-0.39, 0.29) is 11.7 Å². The van der Waals surface area contributed by atoms with Gasteiger partial charge in [0.2, 0.25) is 5.91 Å². The van der Waals surface area contributed by atoms with Crippen LogP contribution in [0.5, 0.6) is 0 Å². The fourth-order valence-electron chi connectivity index (χ4n) is 2.89. The summed E-state index contributed by atoms with van der Waals surface area (Å²) in [5.41, 5.74) is 3.70. The van der Waals surface area contributed by atoms with Crippen LogP contribution in [0.3, 0.4) is 0 Å². The number of hydrogen-bond acceptors (Lipinski definition) is 2. The van der Waals surface area contributed by atoms with Gasteiger partial charge in [-0.05, 0) is 37.5 Å². The Bertz CT molecular complexity index is 679. The maximum atomic E-state index is 12.1. The number of rotatable bonds is 0. The summed E-state index contributed by atoms with van der Waals surface area (Å²) in [6.07, 6.45) is 2.33. The summed E-state index contributed by atoms with van der Waals surface area (Å²) in [6.45, 7) is 3.54. The molecule has 1 heterocycles. The molecule has 3 nitrogen and oxygen atoms in total. The lowest BCUT2D eigenvalue weighted by Gasteiger charge is -2.12. The molecule has 1 aliphatic carbocycles. The molecule has 0 bridgehead atoms. The highest BCUT2D eigenvalue weighted by Gasteiger charge is 2.27. The molecule has 0 N–H and O–H groups in total. The summed E-state index contributed by atoms with van der Waals surface area (Å²) in [4.78, 5) is 23.9. The fourth-order valence-corrected chi connectivity index (χ4v) is 2.89. The molecule has 1 aromatic carbocycles. The van der Waals surface area contributed by atoms with Crippen LogP contribution in [0.1, 0.15) is 46.2 Å². The summed E-state index contributed by atoms with van der Waals surface area (Å²) in [6, 6.07) is 6.00. The van der Waals surface area contributed by atoms with Crippen molar-refractivity contribution in [2.75, 3.05) is 0 Å². The third-order valence-corrected chi connectivity index (χ3v) is 3.64. The topological polar surface area (TPSA) is 39.1 Å². The van der Waals surface area contributed by atoms with Crippen LogP contribution in [0, 0.1) is 6.92 Å². The molecule has 0 atom stereocenters. The number of hydrogen-bond donors (Lipinski definition) is 0. The van der Waals surface area contributed by atoms with Crippen molar-refractivity contribution < 1.29 is 9.59 Å². The summed E-state index contributed by atoms with van der Waals surface area (Å²) < 4.78 is 1.59. The molecule has 0 saturated heterocycles. The fraction of sp³-hybridized carbons (Fsp3) is 0.333. The number of aromatic nitrogens is 1. The van der Waals surface area contributed by atoms with Crippen LogP contribution in [0.2, 0.25) is 0 Å². The average Bonchev–Trinajstić information content (AvgIpc) is 2.65. The zero-order chi connectivity index (χ0) is 12.9. The van der Waals surface area contributed by atoms with E-state index < -0.39 is 0 Å². The van der Waals surface area contributed by atoms with Crippen LogP contribution in [-0.2, 0) is 6.42 Å². The van der Waals surface area contributed by atoms with E-state index >= 15 is 0 Å². The monoisotopic (exact) mass is 241 g/mol. The largest absolute Gasteiger partial charge is 0.293 e. The number of Topliss-reactive ketones (excluding diaryl/α,β-unsaturated/α-hetero) is 1. The van der Waals surface area contributed by atoms with Gasteiger partial charge in [0.1, 0.15) is 0 Å². The lowest BCUT2D eigenvalue weighted by molar-refractivity contribution is 0.0899. The number of aryl methyl sites for hydroxylation is 2.